The summed E-state index contributed by atoms with van der Waals surface area (Å²) >= 11 is 0. The fraction of sp³-hybridized carbons (Fsp3) is 0.475. The third-order valence-electron chi connectivity index (χ3n) is 15.4. The molecule has 4 aromatic rings. The molecule has 1 aliphatic heterocycles. The molecule has 0 aliphatic carbocycles. The smallest absolute Gasteiger partial charge is 0.248 e. The van der Waals surface area contributed by atoms with Crippen molar-refractivity contribution < 1.29 is 72.9 Å². The zero-order valence-corrected chi connectivity index (χ0v) is 50.6. The molecule has 28 heteroatoms. The molecule has 1 saturated heterocycles. The highest BCUT2D eigenvalue weighted by atomic mass is 16.3. The Balaban J connectivity index is 1.29. The van der Waals surface area contributed by atoms with E-state index in [1.54, 1.807) is 46.8 Å². The number of primary amides is 3. The van der Waals surface area contributed by atoms with Gasteiger partial charge in [-0.2, -0.15) is 0 Å². The molecule has 28 nitrogen and oxygen atoms in total. The molecular weight excluding hydrogens is 1150 g/mol. The molecule has 0 saturated carbocycles. The third kappa shape index (κ3) is 20.8. The van der Waals surface area contributed by atoms with Gasteiger partial charge in [0.15, 0.2) is 0 Å². The molecule has 11 atom stereocenters. The summed E-state index contributed by atoms with van der Waals surface area (Å²) in [4.78, 5) is 167. The van der Waals surface area contributed by atoms with Crippen LogP contribution in [0.2, 0.25) is 0 Å². The molecule has 0 bridgehead atoms. The predicted molar refractivity (Wildman–Crippen MR) is 323 cm³/mol. The van der Waals surface area contributed by atoms with Crippen LogP contribution >= 0.6 is 0 Å². The van der Waals surface area contributed by atoms with Gasteiger partial charge in [-0.3, -0.25) is 57.5 Å². The molecule has 18 N–H and O–H groups in total. The Morgan fingerprint density at radius 2 is 1.16 bits per heavy atom. The maximum Gasteiger partial charge on any atom is 0.248 e. The van der Waals surface area contributed by atoms with Crippen molar-refractivity contribution in [3.05, 3.63) is 95.7 Å². The lowest BCUT2D eigenvalue weighted by molar-refractivity contribution is -0.144. The van der Waals surface area contributed by atoms with E-state index in [4.69, 9.17) is 17.2 Å². The van der Waals surface area contributed by atoms with Crippen molar-refractivity contribution in [3.63, 3.8) is 0 Å². The SMILES string of the molecule is CC[C@@H](C)[C@H](NC(=O)[C@@H](NC(=O)[C@H](CC(N)=O)NC(=O)[C@H](CCC(N)=O)NC(=O)[C@@H]1CCCN1C(=O)[C@@H](NC(=O)[C@H](Cc1ccc(O)cc1)NC(=O)CNC(=O)[C@H](Cc1ccc(O)cc1)NC(=O)[C@@H](C)Cc1c[nH]c2ccccc12)C(C)O)C(C)C)C(N)=O. The van der Waals surface area contributed by atoms with Gasteiger partial charge in [-0.05, 0) is 91.5 Å². The summed E-state index contributed by atoms with van der Waals surface area (Å²) in [5.74, 6) is -12.5. The molecule has 1 unspecified atom stereocenters. The predicted octanol–water partition coefficient (Wildman–Crippen LogP) is -1.55. The second kappa shape index (κ2) is 32.9. The summed E-state index contributed by atoms with van der Waals surface area (Å²) in [5.41, 5.74) is 19.2. The van der Waals surface area contributed by atoms with E-state index in [0.717, 1.165) is 21.4 Å². The molecule has 0 radical (unpaired) electrons. The van der Waals surface area contributed by atoms with Gasteiger partial charge in [-0.15, -0.1) is 0 Å². The number of carbonyl (C=O) groups excluding carboxylic acids is 12. The van der Waals surface area contributed by atoms with Crippen molar-refractivity contribution in [2.24, 2.45) is 35.0 Å². The van der Waals surface area contributed by atoms with Crippen LogP contribution in [0.4, 0.5) is 0 Å². The Morgan fingerprint density at radius 1 is 0.607 bits per heavy atom. The number of hydrogen-bond acceptors (Lipinski definition) is 15. The molecule has 0 spiro atoms. The number of aliphatic hydroxyl groups is 1. The summed E-state index contributed by atoms with van der Waals surface area (Å²) < 4.78 is 0. The Labute approximate surface area is 514 Å². The number of phenols is 2. The number of hydrogen-bond donors (Lipinski definition) is 15. The van der Waals surface area contributed by atoms with E-state index >= 15 is 0 Å². The molecule has 3 aromatic carbocycles. The van der Waals surface area contributed by atoms with Crippen molar-refractivity contribution in [2.45, 2.75) is 154 Å². The number of benzene rings is 3. The molecule has 89 heavy (non-hydrogen) atoms. The number of aromatic hydroxyl groups is 2. The summed E-state index contributed by atoms with van der Waals surface area (Å²) in [6.45, 7) is 8.72. The number of aromatic nitrogens is 1. The number of para-hydroxylation sites is 1. The highest BCUT2D eigenvalue weighted by Gasteiger charge is 2.42. The molecule has 1 fully saturated rings. The number of aromatic amines is 1. The van der Waals surface area contributed by atoms with Crippen LogP contribution in [0.3, 0.4) is 0 Å². The lowest BCUT2D eigenvalue weighted by atomic mass is 9.96. The van der Waals surface area contributed by atoms with Crippen molar-refractivity contribution in [2.75, 3.05) is 13.1 Å². The van der Waals surface area contributed by atoms with Gasteiger partial charge >= 0.3 is 0 Å². The Kier molecular flexibility index (Phi) is 26.0. The Bertz CT molecular complexity index is 3190. The van der Waals surface area contributed by atoms with Crippen molar-refractivity contribution in [1.82, 2.24) is 52.4 Å². The van der Waals surface area contributed by atoms with Gasteiger partial charge < -0.3 is 84.9 Å². The standard InChI is InChI=1S/C61H83N13O15/c1-7-32(4)51(53(64)81)72-60(88)50(31(2)3)71-58(86)45(28-48(63)79)70-56(84)42(22-23-47(62)78)68-59(87)46-13-10-24-74(46)61(89)52(34(6)75)73-57(85)44(27-36-16-20-39(77)21-17-36)67-49(80)30-66-55(83)43(26-35-14-18-38(76)19-15-35)69-54(82)33(5)25-37-29-65-41-12-9-8-11-40(37)41/h8-9,11-12,14-21,29,31-34,42-46,50-52,65,75-77H,7,10,13,22-28,30H2,1-6H3,(H2,62,78)(H2,63,79)(H2,64,81)(H,66,83)(H,67,80)(H,68,87)(H,69,82)(H,70,84)(H,71,86)(H,72,88)(H,73,85)/t32-,33+,34?,42+,43+,44+,45+,46+,50+,51+,52+/m1/s1. The minimum Gasteiger partial charge on any atom is -0.508 e. The van der Waals surface area contributed by atoms with Gasteiger partial charge in [-0.25, -0.2) is 0 Å². The lowest BCUT2D eigenvalue weighted by Gasteiger charge is -2.32. The van der Waals surface area contributed by atoms with Gasteiger partial charge in [0.1, 0.15) is 59.8 Å². The molecule has 2 heterocycles. The van der Waals surface area contributed by atoms with E-state index in [1.165, 1.54) is 43.3 Å². The highest BCUT2D eigenvalue weighted by molar-refractivity contribution is 6.00. The normalized spacial score (nSPS) is 16.3. The van der Waals surface area contributed by atoms with Crippen LogP contribution < -0.4 is 59.7 Å². The number of likely N-dealkylation sites (tertiary alicyclic amines) is 1. The van der Waals surface area contributed by atoms with E-state index in [2.05, 4.69) is 47.5 Å². The van der Waals surface area contributed by atoms with Gasteiger partial charge in [0.25, 0.3) is 0 Å². The van der Waals surface area contributed by atoms with Crippen molar-refractivity contribution >= 4 is 81.8 Å². The summed E-state index contributed by atoms with van der Waals surface area (Å²) in [7, 11) is 0. The zero-order chi connectivity index (χ0) is 65.8. The second-order valence-electron chi connectivity index (χ2n) is 22.8. The number of nitrogens with one attached hydrogen (secondary N) is 9. The molecule has 5 rings (SSSR count). The van der Waals surface area contributed by atoms with Crippen LogP contribution in [-0.4, -0.2) is 164 Å². The number of aliphatic hydroxyl groups excluding tert-OH is 1. The molecule has 1 aliphatic rings. The number of phenolic OH excluding ortho intramolecular Hbond substituents is 2. The zero-order valence-electron chi connectivity index (χ0n) is 50.6. The number of nitrogens with two attached hydrogens (primary N) is 3. The van der Waals surface area contributed by atoms with E-state index in [0.29, 0.717) is 24.0 Å². The maximum atomic E-state index is 14.5. The van der Waals surface area contributed by atoms with E-state index < -0.39 is 163 Å². The lowest BCUT2D eigenvalue weighted by Crippen LogP contribution is -2.62. The fourth-order valence-corrected chi connectivity index (χ4v) is 10.1. The van der Waals surface area contributed by atoms with E-state index in [-0.39, 0.29) is 49.6 Å². The monoisotopic (exact) mass is 1240 g/mol. The van der Waals surface area contributed by atoms with Crippen molar-refractivity contribution in [3.8, 4) is 11.5 Å². The maximum absolute atomic E-state index is 14.5. The first-order valence-electron chi connectivity index (χ1n) is 29.4. The van der Waals surface area contributed by atoms with Crippen molar-refractivity contribution in [1.29, 1.82) is 0 Å². The molecule has 482 valence electrons. The first-order valence-corrected chi connectivity index (χ1v) is 29.4. The van der Waals surface area contributed by atoms with Crippen LogP contribution in [0.5, 0.6) is 11.5 Å². The first kappa shape index (κ1) is 70.2. The van der Waals surface area contributed by atoms with Crippen LogP contribution in [0.25, 0.3) is 10.9 Å². The Morgan fingerprint density at radius 3 is 1.72 bits per heavy atom. The van der Waals surface area contributed by atoms with Crippen LogP contribution in [0.1, 0.15) is 96.8 Å². The number of amides is 12. The van der Waals surface area contributed by atoms with E-state index in [1.807, 2.05) is 30.5 Å². The second-order valence-corrected chi connectivity index (χ2v) is 22.8. The van der Waals surface area contributed by atoms with Crippen LogP contribution in [-0.2, 0) is 76.8 Å². The number of fused-ring (bicyclic) bond motifs is 1. The number of nitrogens with zero attached hydrogens (tertiary/aromatic N) is 1. The minimum atomic E-state index is -1.77. The van der Waals surface area contributed by atoms with Crippen LogP contribution in [0.15, 0.2) is 79.0 Å². The highest BCUT2D eigenvalue weighted by Crippen LogP contribution is 2.23. The quantitative estimate of drug-likeness (QED) is 0.0257. The first-order chi connectivity index (χ1) is 42.1. The van der Waals surface area contributed by atoms with E-state index in [9.17, 15) is 72.9 Å². The molecule has 1 aromatic heterocycles. The number of rotatable bonds is 33. The largest absolute Gasteiger partial charge is 0.508 e. The summed E-state index contributed by atoms with van der Waals surface area (Å²) in [6.07, 6.45) is -0.870. The number of carbonyl (C=O) groups is 12. The molecule has 12 amide bonds. The fourth-order valence-electron chi connectivity index (χ4n) is 10.1. The van der Waals surface area contributed by atoms with Crippen LogP contribution in [0, 0.1) is 17.8 Å². The topological polar surface area (TPSA) is 459 Å². The minimum absolute atomic E-state index is 0.00399. The summed E-state index contributed by atoms with van der Waals surface area (Å²) in [6, 6.07) is 7.46. The average molecular weight is 1240 g/mol. The van der Waals surface area contributed by atoms with Gasteiger partial charge in [0.2, 0.25) is 70.9 Å². The average Bonchev–Trinajstić information content (AvgIpc) is 2.45. The molecular formula is C61H83N13O15. The number of H-pyrrole nitrogens is 1. The Hall–Kier alpha value is -9.60. The van der Waals surface area contributed by atoms with Gasteiger partial charge in [0.05, 0.1) is 19.1 Å². The summed E-state index contributed by atoms with van der Waals surface area (Å²) in [5, 5.41) is 52.1. The van der Waals surface area contributed by atoms with Gasteiger partial charge in [0, 0.05) is 48.8 Å². The third-order valence-corrected chi connectivity index (χ3v) is 15.4. The van der Waals surface area contributed by atoms with Gasteiger partial charge in [-0.1, -0.05) is 83.5 Å².